The molecule has 0 spiro atoms. The van der Waals surface area contributed by atoms with Crippen LogP contribution in [-0.4, -0.2) is 58.3 Å². The first-order valence-corrected chi connectivity index (χ1v) is 8.68. The summed E-state index contributed by atoms with van der Waals surface area (Å²) in [6, 6.07) is 3.88. The maximum absolute atomic E-state index is 14.4. The predicted octanol–water partition coefficient (Wildman–Crippen LogP) is 6.53. The lowest BCUT2D eigenvalue weighted by molar-refractivity contribution is -0.466. The van der Waals surface area contributed by atoms with Gasteiger partial charge in [-0.25, -0.2) is 0 Å². The quantitative estimate of drug-likeness (QED) is 0.382. The molecule has 0 aliphatic heterocycles. The van der Waals surface area contributed by atoms with Gasteiger partial charge < -0.3 is 5.11 Å². The molecule has 0 heterocycles. The van der Waals surface area contributed by atoms with Crippen molar-refractivity contribution in [1.29, 1.82) is 0 Å². The van der Waals surface area contributed by atoms with Crippen molar-refractivity contribution in [3.05, 3.63) is 35.4 Å². The molecule has 1 aromatic carbocycles. The average Bonchev–Trinajstić information content (AvgIpc) is 3.03. The monoisotopic (exact) mass is 552 g/mol. The molecule has 1 N–H and O–H groups in total. The standard InChI is InChI=1S/C17H9F17O/c18-10(19,9(35)5-7-3-1-2-4-8(7)6-9)11(20,21)12(22,23)13(24,25)14(26,27)15(28,29)16(30,31)17(32,33)34/h1-4,35H,5-6H2. The van der Waals surface area contributed by atoms with E-state index >= 15 is 0 Å². The Labute approximate surface area is 182 Å². The largest absolute Gasteiger partial charge is 0.460 e. The van der Waals surface area contributed by atoms with E-state index in [0.717, 1.165) is 24.3 Å². The lowest BCUT2D eigenvalue weighted by atomic mass is 9.81. The third kappa shape index (κ3) is 3.48. The van der Waals surface area contributed by atoms with Crippen LogP contribution >= 0.6 is 0 Å². The minimum Gasteiger partial charge on any atom is -0.383 e. The summed E-state index contributed by atoms with van der Waals surface area (Å²) in [5, 5.41) is 9.89. The molecule has 0 amide bonds. The fraction of sp³-hybridized carbons (Fsp3) is 0.647. The minimum atomic E-state index is -8.69. The summed E-state index contributed by atoms with van der Waals surface area (Å²) in [6.07, 6.45) is -11.2. The molecule has 18 heteroatoms. The van der Waals surface area contributed by atoms with E-state index in [1.807, 2.05) is 0 Å². The number of halogens is 17. The van der Waals surface area contributed by atoms with Gasteiger partial charge >= 0.3 is 47.6 Å². The van der Waals surface area contributed by atoms with Gasteiger partial charge in [-0.1, -0.05) is 24.3 Å². The summed E-state index contributed by atoms with van der Waals surface area (Å²) in [5.41, 5.74) is -5.28. The Morgan fingerprint density at radius 3 is 1.09 bits per heavy atom. The maximum Gasteiger partial charge on any atom is 0.460 e. The molecule has 0 aromatic heterocycles. The van der Waals surface area contributed by atoms with E-state index in [1.165, 1.54) is 0 Å². The van der Waals surface area contributed by atoms with Gasteiger partial charge in [-0.3, -0.25) is 0 Å². The number of alkyl halides is 17. The molecule has 1 aliphatic rings. The zero-order valence-electron chi connectivity index (χ0n) is 16.1. The highest BCUT2D eigenvalue weighted by atomic mass is 19.4. The average molecular weight is 552 g/mol. The van der Waals surface area contributed by atoms with Crippen LogP contribution in [-0.2, 0) is 12.8 Å². The summed E-state index contributed by atoms with van der Waals surface area (Å²) in [6.45, 7) is 0. The fourth-order valence-corrected chi connectivity index (χ4v) is 3.27. The van der Waals surface area contributed by atoms with Crippen LogP contribution < -0.4 is 0 Å². The minimum absolute atomic E-state index is 0.428. The topological polar surface area (TPSA) is 20.2 Å². The molecule has 0 unspecified atom stereocenters. The Balaban J connectivity index is 2.62. The third-order valence-electron chi connectivity index (χ3n) is 5.39. The molecule has 0 bridgehead atoms. The summed E-state index contributed by atoms with van der Waals surface area (Å²) in [5.74, 6) is -57.3. The second-order valence-corrected chi connectivity index (χ2v) is 7.67. The van der Waals surface area contributed by atoms with Crippen LogP contribution in [0.15, 0.2) is 24.3 Å². The molecule has 0 radical (unpaired) electrons. The molecule has 0 fully saturated rings. The maximum atomic E-state index is 14.4. The van der Waals surface area contributed by atoms with E-state index in [1.54, 1.807) is 0 Å². The Morgan fingerprint density at radius 1 is 0.486 bits per heavy atom. The lowest BCUT2D eigenvalue weighted by Gasteiger charge is -2.45. The SMILES string of the molecule is OC1(C(F)(F)C(F)(F)C(F)(F)C(F)(F)C(F)(F)C(F)(F)C(F)(F)C(F)(F)F)Cc2ccccc2C1. The second kappa shape index (κ2) is 7.50. The van der Waals surface area contributed by atoms with E-state index in [-0.39, 0.29) is 0 Å². The van der Waals surface area contributed by atoms with Crippen LogP contribution in [0.4, 0.5) is 74.6 Å². The van der Waals surface area contributed by atoms with Gasteiger partial charge in [0.2, 0.25) is 0 Å². The highest BCUT2D eigenvalue weighted by molar-refractivity contribution is 5.37. The summed E-state index contributed by atoms with van der Waals surface area (Å²) < 4.78 is 228. The van der Waals surface area contributed by atoms with Crippen LogP contribution in [0, 0.1) is 0 Å². The fourth-order valence-electron chi connectivity index (χ4n) is 3.27. The summed E-state index contributed by atoms with van der Waals surface area (Å²) in [4.78, 5) is 0. The zero-order chi connectivity index (χ0) is 27.9. The molecule has 1 nitrogen and oxygen atoms in total. The van der Waals surface area contributed by atoms with Gasteiger partial charge in [0, 0.05) is 12.8 Å². The molecule has 202 valence electrons. The van der Waals surface area contributed by atoms with E-state index in [2.05, 4.69) is 0 Å². The highest BCUT2D eigenvalue weighted by Crippen LogP contribution is 2.65. The van der Waals surface area contributed by atoms with E-state index < -0.39 is 77.2 Å². The summed E-state index contributed by atoms with van der Waals surface area (Å²) in [7, 11) is 0. The van der Waals surface area contributed by atoms with Crippen molar-refractivity contribution in [3.8, 4) is 0 Å². The lowest BCUT2D eigenvalue weighted by Crippen LogP contribution is -2.76. The summed E-state index contributed by atoms with van der Waals surface area (Å²) >= 11 is 0. The first kappa shape index (κ1) is 29.2. The van der Waals surface area contributed by atoms with Crippen molar-refractivity contribution in [3.63, 3.8) is 0 Å². The molecule has 1 aromatic rings. The van der Waals surface area contributed by atoms with Crippen molar-refractivity contribution in [2.24, 2.45) is 0 Å². The first-order valence-electron chi connectivity index (χ1n) is 8.68. The Hall–Kier alpha value is -2.01. The van der Waals surface area contributed by atoms with Gasteiger partial charge in [-0.05, 0) is 11.1 Å². The van der Waals surface area contributed by atoms with Crippen LogP contribution in [0.1, 0.15) is 11.1 Å². The molecule has 0 saturated carbocycles. The number of fused-ring (bicyclic) bond motifs is 1. The van der Waals surface area contributed by atoms with E-state index in [0.29, 0.717) is 0 Å². The molecule has 0 atom stereocenters. The van der Waals surface area contributed by atoms with Gasteiger partial charge in [-0.2, -0.15) is 74.6 Å². The normalized spacial score (nSPS) is 18.6. The Kier molecular flexibility index (Phi) is 6.26. The molecule has 35 heavy (non-hydrogen) atoms. The van der Waals surface area contributed by atoms with Crippen LogP contribution in [0.2, 0.25) is 0 Å². The molecule has 0 saturated heterocycles. The number of rotatable bonds is 7. The van der Waals surface area contributed by atoms with Crippen molar-refractivity contribution < 1.29 is 79.7 Å². The number of hydrogen-bond acceptors (Lipinski definition) is 1. The second-order valence-electron chi connectivity index (χ2n) is 7.67. The van der Waals surface area contributed by atoms with Gasteiger partial charge in [0.1, 0.15) is 5.60 Å². The number of aliphatic hydroxyl groups is 1. The predicted molar refractivity (Wildman–Crippen MR) is 79.5 cm³/mol. The molecular formula is C17H9F17O. The van der Waals surface area contributed by atoms with Gasteiger partial charge in [0.25, 0.3) is 0 Å². The Bertz CT molecular complexity index is 937. The number of benzene rings is 1. The van der Waals surface area contributed by atoms with Crippen LogP contribution in [0.3, 0.4) is 0 Å². The number of hydrogen-bond donors (Lipinski definition) is 1. The van der Waals surface area contributed by atoms with E-state index in [4.69, 9.17) is 0 Å². The zero-order valence-corrected chi connectivity index (χ0v) is 16.1. The first-order chi connectivity index (χ1) is 15.2. The molecular weight excluding hydrogens is 543 g/mol. The van der Waals surface area contributed by atoms with E-state index in [9.17, 15) is 79.7 Å². The smallest absolute Gasteiger partial charge is 0.383 e. The molecule has 1 aliphatic carbocycles. The molecule has 2 rings (SSSR count). The van der Waals surface area contributed by atoms with Crippen molar-refractivity contribution in [2.45, 2.75) is 66.1 Å². The van der Waals surface area contributed by atoms with Gasteiger partial charge in [0.05, 0.1) is 0 Å². The van der Waals surface area contributed by atoms with Crippen LogP contribution in [0.5, 0.6) is 0 Å². The van der Waals surface area contributed by atoms with Crippen molar-refractivity contribution >= 4 is 0 Å². The Morgan fingerprint density at radius 2 is 0.771 bits per heavy atom. The third-order valence-corrected chi connectivity index (χ3v) is 5.39. The van der Waals surface area contributed by atoms with Gasteiger partial charge in [0.15, 0.2) is 0 Å². The van der Waals surface area contributed by atoms with Gasteiger partial charge in [-0.15, -0.1) is 0 Å². The van der Waals surface area contributed by atoms with Crippen LogP contribution in [0.25, 0.3) is 0 Å². The highest BCUT2D eigenvalue weighted by Gasteiger charge is 2.96. The van der Waals surface area contributed by atoms with Crippen molar-refractivity contribution in [1.82, 2.24) is 0 Å². The van der Waals surface area contributed by atoms with Crippen molar-refractivity contribution in [2.75, 3.05) is 0 Å².